The van der Waals surface area contributed by atoms with Crippen LogP contribution >= 0.6 is 24.0 Å². The first-order valence-corrected chi connectivity index (χ1v) is 9.51. The molecule has 0 saturated heterocycles. The van der Waals surface area contributed by atoms with Crippen LogP contribution in [0.25, 0.3) is 0 Å². The third-order valence-corrected chi connectivity index (χ3v) is 6.01. The quantitative estimate of drug-likeness (QED) is 0.759. The zero-order valence-electron chi connectivity index (χ0n) is 16.5. The first-order valence-electron chi connectivity index (χ1n) is 9.14. The minimum absolute atomic E-state index is 0. The van der Waals surface area contributed by atoms with E-state index in [1.807, 2.05) is 26.0 Å². The van der Waals surface area contributed by atoms with E-state index in [0.29, 0.717) is 12.3 Å². The summed E-state index contributed by atoms with van der Waals surface area (Å²) in [5, 5.41) is 3.85. The molecule has 0 bridgehead atoms. The monoisotopic (exact) mass is 402 g/mol. The lowest BCUT2D eigenvalue weighted by molar-refractivity contribution is -0.128. The van der Waals surface area contributed by atoms with Gasteiger partial charge in [-0.25, -0.2) is 0 Å². The van der Waals surface area contributed by atoms with Gasteiger partial charge in [-0.1, -0.05) is 30.9 Å². The Labute approximate surface area is 169 Å². The minimum atomic E-state index is -0.539. The summed E-state index contributed by atoms with van der Waals surface area (Å²) in [4.78, 5) is 14.8. The molecule has 6 heteroatoms. The number of nitrogens with zero attached hydrogens (tertiary/aromatic N) is 1. The minimum Gasteiger partial charge on any atom is -0.481 e. The molecular formula is C20H32Cl2N2O2. The molecule has 0 aromatic heterocycles. The molecule has 0 radical (unpaired) electrons. The number of likely N-dealkylation sites (N-methyl/N-ethyl adjacent to an activating group) is 1. The molecule has 0 aliphatic heterocycles. The predicted molar refractivity (Wildman–Crippen MR) is 111 cm³/mol. The first kappa shape index (κ1) is 23.1. The van der Waals surface area contributed by atoms with Gasteiger partial charge in [0.15, 0.2) is 6.10 Å². The summed E-state index contributed by atoms with van der Waals surface area (Å²) in [7, 11) is 4.22. The molecule has 1 fully saturated rings. The maximum Gasteiger partial charge on any atom is 0.260 e. The van der Waals surface area contributed by atoms with Gasteiger partial charge in [-0.05, 0) is 71.0 Å². The standard InChI is InChI=1S/C20H31ClN2O2.ClH/c1-14-11-17(12-15(2)18(14)21)25-16(3)19(24)22-13-20(23(4)5)9-7-6-8-10-20;/h11-12,16H,6-10,13H2,1-5H3,(H,22,24);1H. The number of rotatable bonds is 6. The third kappa shape index (κ3) is 5.51. The van der Waals surface area contributed by atoms with E-state index in [2.05, 4.69) is 24.3 Å². The Balaban J connectivity index is 0.00000338. The molecule has 1 atom stereocenters. The number of halogens is 2. The van der Waals surface area contributed by atoms with Crippen LogP contribution in [0.4, 0.5) is 0 Å². The summed E-state index contributed by atoms with van der Waals surface area (Å²) in [6.07, 6.45) is 5.46. The fourth-order valence-corrected chi connectivity index (χ4v) is 3.73. The fourth-order valence-electron chi connectivity index (χ4n) is 3.62. The Bertz CT molecular complexity index is 591. The van der Waals surface area contributed by atoms with Crippen molar-refractivity contribution in [3.05, 3.63) is 28.3 Å². The van der Waals surface area contributed by atoms with Crippen molar-refractivity contribution >= 4 is 29.9 Å². The maximum absolute atomic E-state index is 12.5. The van der Waals surface area contributed by atoms with Gasteiger partial charge in [0.1, 0.15) is 5.75 Å². The van der Waals surface area contributed by atoms with Gasteiger partial charge in [0.2, 0.25) is 0 Å². The number of hydrogen-bond acceptors (Lipinski definition) is 3. The van der Waals surface area contributed by atoms with E-state index in [9.17, 15) is 4.79 Å². The largest absolute Gasteiger partial charge is 0.481 e. The average Bonchev–Trinajstić information content (AvgIpc) is 2.58. The molecule has 1 aliphatic rings. The highest BCUT2D eigenvalue weighted by atomic mass is 35.5. The average molecular weight is 403 g/mol. The van der Waals surface area contributed by atoms with Gasteiger partial charge in [0.05, 0.1) is 0 Å². The van der Waals surface area contributed by atoms with Crippen molar-refractivity contribution in [3.8, 4) is 5.75 Å². The Morgan fingerprint density at radius 3 is 2.27 bits per heavy atom. The highest BCUT2D eigenvalue weighted by molar-refractivity contribution is 6.32. The zero-order valence-corrected chi connectivity index (χ0v) is 18.1. The highest BCUT2D eigenvalue weighted by Crippen LogP contribution is 2.31. The first-order chi connectivity index (χ1) is 11.7. The number of carbonyl (C=O) groups excluding carboxylic acids is 1. The van der Waals surface area contributed by atoms with Crippen molar-refractivity contribution in [2.24, 2.45) is 0 Å². The molecule has 1 N–H and O–H groups in total. The number of aryl methyl sites for hydroxylation is 2. The number of ether oxygens (including phenoxy) is 1. The van der Waals surface area contributed by atoms with E-state index in [1.165, 1.54) is 19.3 Å². The summed E-state index contributed by atoms with van der Waals surface area (Å²) < 4.78 is 5.84. The summed E-state index contributed by atoms with van der Waals surface area (Å²) >= 11 is 6.19. The van der Waals surface area contributed by atoms with E-state index in [4.69, 9.17) is 16.3 Å². The number of benzene rings is 1. The van der Waals surface area contributed by atoms with Crippen LogP contribution in [0.15, 0.2) is 12.1 Å². The topological polar surface area (TPSA) is 41.6 Å². The summed E-state index contributed by atoms with van der Waals surface area (Å²) in [5.74, 6) is 0.610. The van der Waals surface area contributed by atoms with Gasteiger partial charge in [0.25, 0.3) is 5.91 Å². The van der Waals surface area contributed by atoms with E-state index in [1.54, 1.807) is 6.92 Å². The van der Waals surface area contributed by atoms with Crippen LogP contribution in [0, 0.1) is 13.8 Å². The summed E-state index contributed by atoms with van der Waals surface area (Å²) in [6, 6.07) is 3.75. The lowest BCUT2D eigenvalue weighted by Gasteiger charge is -2.43. The second kappa shape index (κ2) is 9.82. The van der Waals surface area contributed by atoms with Gasteiger partial charge in [-0.15, -0.1) is 12.4 Å². The Morgan fingerprint density at radius 1 is 1.23 bits per heavy atom. The summed E-state index contributed by atoms with van der Waals surface area (Å²) in [6.45, 7) is 6.34. The van der Waals surface area contributed by atoms with Crippen molar-refractivity contribution in [1.29, 1.82) is 0 Å². The van der Waals surface area contributed by atoms with E-state index in [0.717, 1.165) is 29.0 Å². The lowest BCUT2D eigenvalue weighted by atomic mass is 9.80. The van der Waals surface area contributed by atoms with Crippen molar-refractivity contribution < 1.29 is 9.53 Å². The Morgan fingerprint density at radius 2 is 1.77 bits per heavy atom. The van der Waals surface area contributed by atoms with Crippen LogP contribution in [-0.2, 0) is 4.79 Å². The fraction of sp³-hybridized carbons (Fsp3) is 0.650. The van der Waals surface area contributed by atoms with Crippen LogP contribution < -0.4 is 10.1 Å². The molecule has 26 heavy (non-hydrogen) atoms. The van der Waals surface area contributed by atoms with Gasteiger partial charge < -0.3 is 15.0 Å². The molecule has 0 spiro atoms. The number of hydrogen-bond donors (Lipinski definition) is 1. The van der Waals surface area contributed by atoms with Gasteiger partial charge >= 0.3 is 0 Å². The van der Waals surface area contributed by atoms with Crippen molar-refractivity contribution in [2.75, 3.05) is 20.6 Å². The maximum atomic E-state index is 12.5. The molecule has 1 aliphatic carbocycles. The lowest BCUT2D eigenvalue weighted by Crippen LogP contribution is -2.55. The number of amides is 1. The van der Waals surface area contributed by atoms with Gasteiger partial charge in [-0.3, -0.25) is 4.79 Å². The van der Waals surface area contributed by atoms with Crippen molar-refractivity contribution in [2.45, 2.75) is 64.5 Å². The molecule has 1 saturated carbocycles. The highest BCUT2D eigenvalue weighted by Gasteiger charge is 2.34. The number of nitrogens with one attached hydrogen (secondary N) is 1. The van der Waals surface area contributed by atoms with E-state index >= 15 is 0 Å². The molecule has 2 rings (SSSR count). The van der Waals surface area contributed by atoms with E-state index < -0.39 is 6.10 Å². The third-order valence-electron chi connectivity index (χ3n) is 5.42. The van der Waals surface area contributed by atoms with Gasteiger partial charge in [0, 0.05) is 17.1 Å². The smallest absolute Gasteiger partial charge is 0.260 e. The van der Waals surface area contributed by atoms with Crippen LogP contribution in [0.1, 0.15) is 50.2 Å². The molecule has 4 nitrogen and oxygen atoms in total. The molecule has 1 aromatic rings. The van der Waals surface area contributed by atoms with Crippen LogP contribution in [0.5, 0.6) is 5.75 Å². The molecule has 1 amide bonds. The molecule has 0 heterocycles. The molecular weight excluding hydrogens is 371 g/mol. The van der Waals surface area contributed by atoms with Crippen LogP contribution in [-0.4, -0.2) is 43.1 Å². The Kier molecular flexibility index (Phi) is 8.71. The van der Waals surface area contributed by atoms with Crippen LogP contribution in [0.3, 0.4) is 0 Å². The van der Waals surface area contributed by atoms with Gasteiger partial charge in [-0.2, -0.15) is 0 Å². The molecule has 1 unspecified atom stereocenters. The van der Waals surface area contributed by atoms with Crippen molar-refractivity contribution in [3.63, 3.8) is 0 Å². The second-order valence-electron chi connectivity index (χ2n) is 7.53. The Hall–Kier alpha value is -0.970. The normalized spacial score (nSPS) is 17.3. The zero-order chi connectivity index (χ0) is 18.6. The number of carbonyl (C=O) groups is 1. The SMILES string of the molecule is Cc1cc(OC(C)C(=O)NCC2(N(C)C)CCCCC2)cc(C)c1Cl.Cl. The molecule has 1 aromatic carbocycles. The van der Waals surface area contributed by atoms with Crippen molar-refractivity contribution in [1.82, 2.24) is 10.2 Å². The summed E-state index contributed by atoms with van der Waals surface area (Å²) in [5.41, 5.74) is 1.98. The van der Waals surface area contributed by atoms with Crippen LogP contribution in [0.2, 0.25) is 5.02 Å². The second-order valence-corrected chi connectivity index (χ2v) is 7.91. The predicted octanol–water partition coefficient (Wildman–Crippen LogP) is 4.53. The molecule has 148 valence electrons. The van der Waals surface area contributed by atoms with E-state index in [-0.39, 0.29) is 23.9 Å².